The van der Waals surface area contributed by atoms with Gasteiger partial charge in [-0.3, -0.25) is 4.68 Å². The molecule has 15 heavy (non-hydrogen) atoms. The fourth-order valence-electron chi connectivity index (χ4n) is 1.34. The molecule has 1 N–H and O–H groups in total. The molecule has 0 saturated carbocycles. The third kappa shape index (κ3) is 2.02. The molecule has 0 aliphatic rings. The molecule has 0 amide bonds. The lowest BCUT2D eigenvalue weighted by atomic mass is 10.3. The summed E-state index contributed by atoms with van der Waals surface area (Å²) in [5.41, 5.74) is 5.22. The number of hydrogen-bond donors (Lipinski definition) is 1. The predicted molar refractivity (Wildman–Crippen MR) is 62.1 cm³/mol. The van der Waals surface area contributed by atoms with Gasteiger partial charge in [0, 0.05) is 11.9 Å². The van der Waals surface area contributed by atoms with E-state index in [1.54, 1.807) is 11.3 Å². The first kappa shape index (κ1) is 10.2. The zero-order valence-electron chi connectivity index (χ0n) is 9.11. The molecule has 0 spiro atoms. The minimum absolute atomic E-state index is 0.822. The minimum Gasteiger partial charge on any atom is -0.377 e. The van der Waals surface area contributed by atoms with E-state index < -0.39 is 0 Å². The van der Waals surface area contributed by atoms with Crippen molar-refractivity contribution in [1.29, 1.82) is 0 Å². The molecule has 0 bridgehead atoms. The van der Waals surface area contributed by atoms with Gasteiger partial charge in [0.2, 0.25) is 0 Å². The number of rotatable bonds is 3. The van der Waals surface area contributed by atoms with Crippen molar-refractivity contribution < 1.29 is 0 Å². The smallest absolute Gasteiger partial charge is 0.0798 e. The predicted octanol–water partition coefficient (Wildman–Crippen LogP) is 2.11. The van der Waals surface area contributed by atoms with Crippen LogP contribution in [0.15, 0.2) is 11.7 Å². The molecule has 80 valence electrons. The van der Waals surface area contributed by atoms with Crippen LogP contribution in [0.25, 0.3) is 0 Å². The summed E-state index contributed by atoms with van der Waals surface area (Å²) < 4.78 is 1.86. The van der Waals surface area contributed by atoms with E-state index in [2.05, 4.69) is 22.3 Å². The van der Waals surface area contributed by atoms with Crippen molar-refractivity contribution in [3.8, 4) is 0 Å². The normalized spacial score (nSPS) is 10.6. The molecular weight excluding hydrogens is 208 g/mol. The van der Waals surface area contributed by atoms with Crippen LogP contribution in [0.3, 0.4) is 0 Å². The van der Waals surface area contributed by atoms with Crippen LogP contribution in [0.2, 0.25) is 0 Å². The van der Waals surface area contributed by atoms with Crippen molar-refractivity contribution in [2.75, 3.05) is 5.32 Å². The van der Waals surface area contributed by atoms with Crippen LogP contribution < -0.4 is 5.32 Å². The van der Waals surface area contributed by atoms with E-state index >= 15 is 0 Å². The summed E-state index contributed by atoms with van der Waals surface area (Å²) in [5, 5.41) is 7.54. The van der Waals surface area contributed by atoms with Crippen LogP contribution in [0.4, 0.5) is 5.69 Å². The largest absolute Gasteiger partial charge is 0.377 e. The van der Waals surface area contributed by atoms with E-state index in [0.29, 0.717) is 0 Å². The first-order chi connectivity index (χ1) is 7.18. The number of hydrogen-bond acceptors (Lipinski definition) is 4. The zero-order chi connectivity index (χ0) is 10.8. The Balaban J connectivity index is 2.05. The number of nitrogens with zero attached hydrogens (tertiary/aromatic N) is 3. The second kappa shape index (κ2) is 4.02. The monoisotopic (exact) mass is 222 g/mol. The molecule has 2 heterocycles. The van der Waals surface area contributed by atoms with Crippen molar-refractivity contribution in [1.82, 2.24) is 14.8 Å². The summed E-state index contributed by atoms with van der Waals surface area (Å²) in [5.74, 6) is 0. The Labute approximate surface area is 93.0 Å². The van der Waals surface area contributed by atoms with E-state index in [9.17, 15) is 0 Å². The highest BCUT2D eigenvalue weighted by Gasteiger charge is 2.05. The standard InChI is InChI=1S/C10H14N4S/c1-7-10(15-6-12-7)5-11-9-4-13-14(3)8(9)2/h4,6,11H,5H2,1-3H3. The van der Waals surface area contributed by atoms with Gasteiger partial charge >= 0.3 is 0 Å². The lowest BCUT2D eigenvalue weighted by Crippen LogP contribution is -2.00. The molecule has 0 aliphatic carbocycles. The average Bonchev–Trinajstić information content (AvgIpc) is 2.74. The van der Waals surface area contributed by atoms with Gasteiger partial charge in [0.15, 0.2) is 0 Å². The third-order valence-electron chi connectivity index (χ3n) is 2.52. The Morgan fingerprint density at radius 1 is 1.47 bits per heavy atom. The van der Waals surface area contributed by atoms with Gasteiger partial charge in [-0.15, -0.1) is 11.3 Å². The van der Waals surface area contributed by atoms with Crippen LogP contribution in [-0.2, 0) is 13.6 Å². The molecule has 0 radical (unpaired) electrons. The molecule has 0 aromatic carbocycles. The molecule has 0 saturated heterocycles. The maximum absolute atomic E-state index is 4.21. The number of anilines is 1. The van der Waals surface area contributed by atoms with Gasteiger partial charge in [-0.05, 0) is 13.8 Å². The van der Waals surface area contributed by atoms with E-state index in [1.807, 2.05) is 30.4 Å². The topological polar surface area (TPSA) is 42.7 Å². The Morgan fingerprint density at radius 2 is 2.27 bits per heavy atom. The van der Waals surface area contributed by atoms with E-state index in [4.69, 9.17) is 0 Å². The highest BCUT2D eigenvalue weighted by Crippen LogP contribution is 2.17. The molecule has 2 aromatic heterocycles. The van der Waals surface area contributed by atoms with Crippen molar-refractivity contribution >= 4 is 17.0 Å². The molecule has 0 atom stereocenters. The SMILES string of the molecule is Cc1ncsc1CNc1cnn(C)c1C. The lowest BCUT2D eigenvalue weighted by Gasteiger charge is -2.04. The maximum Gasteiger partial charge on any atom is 0.0798 e. The van der Waals surface area contributed by atoms with Gasteiger partial charge in [0.25, 0.3) is 0 Å². The van der Waals surface area contributed by atoms with Gasteiger partial charge in [-0.25, -0.2) is 4.98 Å². The lowest BCUT2D eigenvalue weighted by molar-refractivity contribution is 0.740. The maximum atomic E-state index is 4.21. The molecule has 0 unspecified atom stereocenters. The van der Waals surface area contributed by atoms with E-state index in [-0.39, 0.29) is 0 Å². The highest BCUT2D eigenvalue weighted by atomic mass is 32.1. The summed E-state index contributed by atoms with van der Waals surface area (Å²) in [6, 6.07) is 0. The van der Waals surface area contributed by atoms with Crippen LogP contribution in [0.1, 0.15) is 16.3 Å². The summed E-state index contributed by atoms with van der Waals surface area (Å²) in [6.45, 7) is 4.90. The van der Waals surface area contributed by atoms with Crippen LogP contribution >= 0.6 is 11.3 Å². The molecule has 2 rings (SSSR count). The fourth-order valence-corrected chi connectivity index (χ4v) is 2.06. The van der Waals surface area contributed by atoms with Gasteiger partial charge in [-0.1, -0.05) is 0 Å². The number of aryl methyl sites for hydroxylation is 2. The molecule has 0 aliphatic heterocycles. The highest BCUT2D eigenvalue weighted by molar-refractivity contribution is 7.09. The number of aromatic nitrogens is 3. The summed E-state index contributed by atoms with van der Waals surface area (Å²) >= 11 is 1.68. The third-order valence-corrected chi connectivity index (χ3v) is 3.45. The Kier molecular flexibility index (Phi) is 2.73. The molecular formula is C10H14N4S. The fraction of sp³-hybridized carbons (Fsp3) is 0.400. The quantitative estimate of drug-likeness (QED) is 0.865. The second-order valence-electron chi connectivity index (χ2n) is 3.48. The van der Waals surface area contributed by atoms with Gasteiger partial charge < -0.3 is 5.32 Å². The molecule has 5 heteroatoms. The summed E-state index contributed by atoms with van der Waals surface area (Å²) in [6.07, 6.45) is 1.85. The van der Waals surface area contributed by atoms with Crippen molar-refractivity contribution in [2.24, 2.45) is 7.05 Å². The first-order valence-corrected chi connectivity index (χ1v) is 5.68. The Bertz CT molecular complexity index is 458. The average molecular weight is 222 g/mol. The van der Waals surface area contributed by atoms with Crippen LogP contribution in [0.5, 0.6) is 0 Å². The van der Waals surface area contributed by atoms with Gasteiger partial charge in [-0.2, -0.15) is 5.10 Å². The molecule has 4 nitrogen and oxygen atoms in total. The Hall–Kier alpha value is -1.36. The van der Waals surface area contributed by atoms with Gasteiger partial charge in [0.1, 0.15) is 0 Å². The zero-order valence-corrected chi connectivity index (χ0v) is 9.93. The Morgan fingerprint density at radius 3 is 2.80 bits per heavy atom. The summed E-state index contributed by atoms with van der Waals surface area (Å²) in [4.78, 5) is 5.49. The number of thiazole rings is 1. The van der Waals surface area contributed by atoms with Crippen molar-refractivity contribution in [2.45, 2.75) is 20.4 Å². The van der Waals surface area contributed by atoms with Crippen LogP contribution in [0, 0.1) is 13.8 Å². The summed E-state index contributed by atoms with van der Waals surface area (Å²) in [7, 11) is 1.94. The van der Waals surface area contributed by atoms with Crippen LogP contribution in [-0.4, -0.2) is 14.8 Å². The molecule has 0 fully saturated rings. The van der Waals surface area contributed by atoms with E-state index in [0.717, 1.165) is 23.6 Å². The minimum atomic E-state index is 0.822. The molecule has 2 aromatic rings. The second-order valence-corrected chi connectivity index (χ2v) is 4.42. The van der Waals surface area contributed by atoms with Gasteiger partial charge in [0.05, 0.1) is 35.3 Å². The number of nitrogens with one attached hydrogen (secondary N) is 1. The van der Waals surface area contributed by atoms with Crippen molar-refractivity contribution in [3.63, 3.8) is 0 Å². The van der Waals surface area contributed by atoms with E-state index in [1.165, 1.54) is 4.88 Å². The first-order valence-electron chi connectivity index (χ1n) is 4.80. The van der Waals surface area contributed by atoms with Crippen molar-refractivity contribution in [3.05, 3.63) is 28.0 Å².